The quantitative estimate of drug-likeness (QED) is 0.101. The number of hydrogen-bond donors (Lipinski definition) is 2. The van der Waals surface area contributed by atoms with Crippen molar-refractivity contribution in [1.29, 1.82) is 0 Å². The van der Waals surface area contributed by atoms with Gasteiger partial charge in [0.15, 0.2) is 5.82 Å². The monoisotopic (exact) mass is 850 g/mol. The summed E-state index contributed by atoms with van der Waals surface area (Å²) in [6.45, 7) is 4.21. The highest BCUT2D eigenvalue weighted by Gasteiger charge is 2.48. The van der Waals surface area contributed by atoms with Crippen molar-refractivity contribution in [2.24, 2.45) is 0 Å². The number of fused-ring (bicyclic) bond motifs is 2. The van der Waals surface area contributed by atoms with Crippen LogP contribution in [0.15, 0.2) is 67.0 Å². The highest BCUT2D eigenvalue weighted by molar-refractivity contribution is 7.57. The molecule has 3 amide bonds. The summed E-state index contributed by atoms with van der Waals surface area (Å²) < 4.78 is 56.9. The lowest BCUT2D eigenvalue weighted by Crippen LogP contribution is -2.58. The number of nitrogens with zero attached hydrogens (tertiary/aromatic N) is 4. The van der Waals surface area contributed by atoms with Crippen LogP contribution < -0.4 is 19.8 Å². The van der Waals surface area contributed by atoms with E-state index in [0.29, 0.717) is 72.3 Å². The maximum absolute atomic E-state index is 16.5. The average Bonchev–Trinajstić information content (AvgIpc) is 3.79. The van der Waals surface area contributed by atoms with Crippen molar-refractivity contribution in [1.82, 2.24) is 25.2 Å². The molecule has 2 N–H and O–H groups in total. The lowest BCUT2D eigenvalue weighted by atomic mass is 9.90. The minimum Gasteiger partial charge on any atom is -0.465 e. The summed E-state index contributed by atoms with van der Waals surface area (Å²) in [5.74, 6) is -4.17. The Morgan fingerprint density at radius 2 is 1.81 bits per heavy atom. The number of hydrogen-bond acceptors (Lipinski definition) is 10. The lowest BCUT2D eigenvalue weighted by Gasteiger charge is -2.43. The third-order valence-corrected chi connectivity index (χ3v) is 14.4. The van der Waals surface area contributed by atoms with E-state index in [-0.39, 0.29) is 41.7 Å². The summed E-state index contributed by atoms with van der Waals surface area (Å²) in [4.78, 5) is 63.8. The van der Waals surface area contributed by atoms with Gasteiger partial charge in [-0.05, 0) is 86.7 Å². The van der Waals surface area contributed by atoms with E-state index in [0.717, 1.165) is 5.56 Å². The SMILES string of the molecule is CCCOC(=O)[C@H](C)NP(=O)(Oc1ccccc1)[C@@H](F)c1ccc2sc(C(=O)N[C@H]3CCC[C@H]4CC[C@@H](C(=O)N5CC(c6cncc(F)c6N(C)C)C5)N4C3=O)cc2c1. The van der Waals surface area contributed by atoms with Gasteiger partial charge in [0.2, 0.25) is 17.7 Å². The fraction of sp³-hybridized carbons (Fsp3) is 0.452. The number of likely N-dealkylation sites (tertiary alicyclic amines) is 1. The predicted octanol–water partition coefficient (Wildman–Crippen LogP) is 6.94. The Labute approximate surface area is 345 Å². The zero-order valence-corrected chi connectivity index (χ0v) is 35.1. The molecular formula is C42H49F2N6O7PS. The van der Waals surface area contributed by atoms with Gasteiger partial charge in [-0.1, -0.05) is 31.2 Å². The molecule has 0 bridgehead atoms. The first-order valence-electron chi connectivity index (χ1n) is 20.0. The van der Waals surface area contributed by atoms with E-state index in [1.807, 2.05) is 6.92 Å². The third-order valence-electron chi connectivity index (χ3n) is 11.2. The van der Waals surface area contributed by atoms with Gasteiger partial charge in [0.05, 0.1) is 23.4 Å². The molecule has 4 aromatic rings. The second-order valence-electron chi connectivity index (χ2n) is 15.6. The molecule has 0 saturated carbocycles. The Kier molecular flexibility index (Phi) is 12.7. The Morgan fingerprint density at radius 1 is 1.05 bits per heavy atom. The van der Waals surface area contributed by atoms with Crippen molar-refractivity contribution in [3.63, 3.8) is 0 Å². The van der Waals surface area contributed by atoms with E-state index in [4.69, 9.17) is 9.26 Å². The van der Waals surface area contributed by atoms with Crippen molar-refractivity contribution in [3.8, 4) is 5.75 Å². The number of ether oxygens (including phenoxy) is 1. The Morgan fingerprint density at radius 3 is 2.54 bits per heavy atom. The van der Waals surface area contributed by atoms with E-state index in [2.05, 4.69) is 15.4 Å². The van der Waals surface area contributed by atoms with Crippen LogP contribution in [0.2, 0.25) is 0 Å². The maximum atomic E-state index is 16.5. The molecule has 13 nitrogen and oxygen atoms in total. The van der Waals surface area contributed by atoms with Crippen LogP contribution in [-0.4, -0.2) is 96.4 Å². The summed E-state index contributed by atoms with van der Waals surface area (Å²) in [7, 11) is -0.923. The minimum atomic E-state index is -4.45. The fourth-order valence-electron chi connectivity index (χ4n) is 8.19. The normalized spacial score (nSPS) is 21.5. The maximum Gasteiger partial charge on any atom is 0.355 e. The zero-order valence-electron chi connectivity index (χ0n) is 33.4. The van der Waals surface area contributed by atoms with Gasteiger partial charge >= 0.3 is 13.5 Å². The van der Waals surface area contributed by atoms with Crippen LogP contribution in [0.25, 0.3) is 10.1 Å². The molecule has 17 heteroatoms. The molecule has 2 aromatic heterocycles. The number of aromatic nitrogens is 1. The first kappa shape index (κ1) is 42.2. The van der Waals surface area contributed by atoms with Gasteiger partial charge in [0.1, 0.15) is 23.9 Å². The van der Waals surface area contributed by atoms with Gasteiger partial charge in [-0.15, -0.1) is 11.3 Å². The summed E-state index contributed by atoms with van der Waals surface area (Å²) in [6, 6.07) is 11.5. The molecule has 314 valence electrons. The Bertz CT molecular complexity index is 2260. The number of carbonyl (C=O) groups is 4. The lowest BCUT2D eigenvalue weighted by molar-refractivity contribution is -0.148. The van der Waals surface area contributed by atoms with Crippen molar-refractivity contribution >= 4 is 58.3 Å². The van der Waals surface area contributed by atoms with Crippen LogP contribution in [0.5, 0.6) is 5.75 Å². The molecule has 0 radical (unpaired) electrons. The fourth-order valence-corrected chi connectivity index (χ4v) is 11.0. The molecule has 2 aromatic carbocycles. The van der Waals surface area contributed by atoms with Crippen molar-refractivity contribution in [2.75, 3.05) is 38.7 Å². The number of carbonyl (C=O) groups excluding carboxylic acids is 4. The largest absolute Gasteiger partial charge is 0.465 e. The van der Waals surface area contributed by atoms with Crippen LogP contribution >= 0.6 is 18.9 Å². The van der Waals surface area contributed by atoms with Gasteiger partial charge in [-0.25, -0.2) is 13.9 Å². The van der Waals surface area contributed by atoms with E-state index in [1.54, 1.807) is 65.3 Å². The molecular weight excluding hydrogens is 802 g/mol. The van der Waals surface area contributed by atoms with E-state index in [9.17, 15) is 28.1 Å². The standard InChI is InChI=1S/C42H49F2N6O7PS/c1-5-18-56-42(54)25(2)47-58(55,57-30-11-7-6-8-12-30)38(44)26-14-17-35-27(19-26)20-36(59-35)39(51)46-33-13-9-10-29-15-16-34(50(29)40(33)52)41(53)49-23-28(24-49)31-21-45-22-32(43)37(31)48(3)4/h6-8,11-12,14,17,19-22,25,28-29,33-34,38H,5,9-10,13,15-16,18,23-24H2,1-4H3,(H,46,51)(H,47,55)/t25-,29-,33-,34-,38+,58?/m0/s1. The summed E-state index contributed by atoms with van der Waals surface area (Å²) in [6.07, 6.45) is 6.43. The highest BCUT2D eigenvalue weighted by atomic mass is 32.1. The molecule has 5 heterocycles. The number of benzene rings is 2. The van der Waals surface area contributed by atoms with Crippen molar-refractivity contribution < 1.29 is 41.8 Å². The molecule has 3 saturated heterocycles. The molecule has 7 rings (SSSR count). The van der Waals surface area contributed by atoms with Crippen LogP contribution in [0.4, 0.5) is 14.5 Å². The minimum absolute atomic E-state index is 0.0112. The number of nitrogens with one attached hydrogen (secondary N) is 2. The Hall–Kier alpha value is -4.92. The molecule has 59 heavy (non-hydrogen) atoms. The number of para-hydroxylation sites is 1. The number of halogens is 2. The smallest absolute Gasteiger partial charge is 0.355 e. The number of thiophene rings is 1. The van der Waals surface area contributed by atoms with Gasteiger partial charge in [-0.2, -0.15) is 0 Å². The second-order valence-corrected chi connectivity index (χ2v) is 18.8. The number of pyridine rings is 1. The highest BCUT2D eigenvalue weighted by Crippen LogP contribution is 2.58. The van der Waals surface area contributed by atoms with E-state index >= 15 is 4.39 Å². The van der Waals surface area contributed by atoms with Gasteiger partial charge in [0.25, 0.3) is 5.91 Å². The molecule has 3 fully saturated rings. The van der Waals surface area contributed by atoms with Crippen LogP contribution in [0.1, 0.15) is 85.0 Å². The first-order valence-corrected chi connectivity index (χ1v) is 22.5. The first-order chi connectivity index (χ1) is 28.3. The van der Waals surface area contributed by atoms with E-state index in [1.165, 1.54) is 48.7 Å². The number of esters is 1. The molecule has 3 aliphatic rings. The molecule has 6 atom stereocenters. The third kappa shape index (κ3) is 8.85. The molecule has 0 aliphatic carbocycles. The number of amides is 3. The number of rotatable bonds is 14. The van der Waals surface area contributed by atoms with Crippen LogP contribution in [0, 0.1) is 5.82 Å². The molecule has 1 unspecified atom stereocenters. The van der Waals surface area contributed by atoms with Gasteiger partial charge in [0, 0.05) is 55.6 Å². The topological polar surface area (TPSA) is 150 Å². The van der Waals surface area contributed by atoms with Gasteiger partial charge < -0.3 is 29.3 Å². The molecule has 3 aliphatic heterocycles. The number of anilines is 1. The van der Waals surface area contributed by atoms with E-state index < -0.39 is 49.3 Å². The summed E-state index contributed by atoms with van der Waals surface area (Å²) in [5.41, 5.74) is 1.20. The second kappa shape index (κ2) is 17.7. The average molecular weight is 851 g/mol. The number of alkyl halides is 1. The van der Waals surface area contributed by atoms with Crippen molar-refractivity contribution in [3.05, 3.63) is 88.8 Å². The van der Waals surface area contributed by atoms with Crippen LogP contribution in [0.3, 0.4) is 0 Å². The Balaban J connectivity index is 1.03. The predicted molar refractivity (Wildman–Crippen MR) is 221 cm³/mol. The zero-order chi connectivity index (χ0) is 42.0. The molecule has 0 spiro atoms. The summed E-state index contributed by atoms with van der Waals surface area (Å²) >= 11 is 1.17. The summed E-state index contributed by atoms with van der Waals surface area (Å²) in [5, 5.41) is 6.01. The van der Waals surface area contributed by atoms with Crippen molar-refractivity contribution in [2.45, 2.75) is 88.4 Å². The van der Waals surface area contributed by atoms with Crippen LogP contribution in [-0.2, 0) is 23.7 Å². The van der Waals surface area contributed by atoms with Gasteiger partial charge in [-0.3, -0.25) is 28.7 Å².